The van der Waals surface area contributed by atoms with Crippen LogP contribution >= 0.6 is 15.9 Å². The van der Waals surface area contributed by atoms with Crippen molar-refractivity contribution in [3.8, 4) is 22.9 Å². The Kier molecular flexibility index (Phi) is 3.87. The molecule has 0 atom stereocenters. The number of aromatic nitrogens is 2. The van der Waals surface area contributed by atoms with E-state index in [2.05, 4.69) is 53.0 Å². The normalized spacial score (nSPS) is 11.6. The molecule has 1 heterocycles. The van der Waals surface area contributed by atoms with Crippen LogP contribution in [0, 0.1) is 0 Å². The van der Waals surface area contributed by atoms with Gasteiger partial charge in [-0.3, -0.25) is 0 Å². The lowest BCUT2D eigenvalue weighted by molar-refractivity contribution is 0.567. The molecule has 0 bridgehead atoms. The van der Waals surface area contributed by atoms with E-state index >= 15 is 0 Å². The molecule has 0 aliphatic heterocycles. The van der Waals surface area contributed by atoms with E-state index in [4.69, 9.17) is 4.42 Å². The monoisotopic (exact) mass is 356 g/mol. The van der Waals surface area contributed by atoms with Crippen LogP contribution in [0.2, 0.25) is 0 Å². The van der Waals surface area contributed by atoms with Crippen molar-refractivity contribution in [3.05, 3.63) is 58.6 Å². The zero-order chi connectivity index (χ0) is 15.7. The molecule has 3 rings (SSSR count). The van der Waals surface area contributed by atoms with Crippen molar-refractivity contribution in [1.82, 2.24) is 10.2 Å². The van der Waals surface area contributed by atoms with Crippen molar-refractivity contribution < 1.29 is 4.42 Å². The highest BCUT2D eigenvalue weighted by atomic mass is 79.9. The fraction of sp³-hybridized carbons (Fsp3) is 0.222. The SMILES string of the molecule is CC(C)(C)c1ccccc1-c1nnc(-c2ccc(Br)cc2)o1. The molecule has 3 aromatic rings. The number of halogens is 1. The van der Waals surface area contributed by atoms with Gasteiger partial charge in [-0.25, -0.2) is 0 Å². The number of nitrogens with zero attached hydrogens (tertiary/aromatic N) is 2. The van der Waals surface area contributed by atoms with Gasteiger partial charge in [0.25, 0.3) is 0 Å². The quantitative estimate of drug-likeness (QED) is 0.611. The van der Waals surface area contributed by atoms with Crippen LogP contribution in [0.4, 0.5) is 0 Å². The summed E-state index contributed by atoms with van der Waals surface area (Å²) in [5, 5.41) is 8.41. The average Bonchev–Trinajstić information content (AvgIpc) is 2.97. The maximum absolute atomic E-state index is 5.89. The Balaban J connectivity index is 2.03. The Morgan fingerprint density at radius 1 is 0.864 bits per heavy atom. The van der Waals surface area contributed by atoms with Gasteiger partial charge in [0.15, 0.2) is 0 Å². The number of hydrogen-bond donors (Lipinski definition) is 0. The lowest BCUT2D eigenvalue weighted by Gasteiger charge is -2.21. The van der Waals surface area contributed by atoms with Crippen molar-refractivity contribution in [2.24, 2.45) is 0 Å². The highest BCUT2D eigenvalue weighted by Gasteiger charge is 2.21. The zero-order valence-corrected chi connectivity index (χ0v) is 14.4. The van der Waals surface area contributed by atoms with E-state index in [0.717, 1.165) is 15.6 Å². The second kappa shape index (κ2) is 5.69. The second-order valence-corrected chi connectivity index (χ2v) is 7.13. The molecule has 0 aliphatic carbocycles. The maximum atomic E-state index is 5.89. The van der Waals surface area contributed by atoms with Crippen molar-refractivity contribution in [2.75, 3.05) is 0 Å². The van der Waals surface area contributed by atoms with Gasteiger partial charge < -0.3 is 4.42 Å². The molecule has 3 nitrogen and oxygen atoms in total. The van der Waals surface area contributed by atoms with Crippen LogP contribution in [0.5, 0.6) is 0 Å². The summed E-state index contributed by atoms with van der Waals surface area (Å²) in [4.78, 5) is 0. The summed E-state index contributed by atoms with van der Waals surface area (Å²) >= 11 is 3.42. The lowest BCUT2D eigenvalue weighted by Crippen LogP contribution is -2.12. The summed E-state index contributed by atoms with van der Waals surface area (Å²) in [6, 6.07) is 16.0. The topological polar surface area (TPSA) is 38.9 Å². The molecule has 0 unspecified atom stereocenters. The molecular formula is C18H17BrN2O. The summed E-state index contributed by atoms with van der Waals surface area (Å²) in [7, 11) is 0. The molecule has 0 saturated carbocycles. The van der Waals surface area contributed by atoms with E-state index in [1.54, 1.807) is 0 Å². The summed E-state index contributed by atoms with van der Waals surface area (Å²) in [6.07, 6.45) is 0. The van der Waals surface area contributed by atoms with Gasteiger partial charge in [-0.1, -0.05) is 54.9 Å². The molecule has 22 heavy (non-hydrogen) atoms. The summed E-state index contributed by atoms with van der Waals surface area (Å²) < 4.78 is 6.92. The number of hydrogen-bond acceptors (Lipinski definition) is 3. The van der Waals surface area contributed by atoms with E-state index in [1.165, 1.54) is 5.56 Å². The van der Waals surface area contributed by atoms with Crippen molar-refractivity contribution in [1.29, 1.82) is 0 Å². The Hall–Kier alpha value is -1.94. The molecule has 0 saturated heterocycles. The predicted octanol–water partition coefficient (Wildman–Crippen LogP) is 5.46. The molecule has 0 radical (unpaired) electrons. The molecule has 112 valence electrons. The lowest BCUT2D eigenvalue weighted by atomic mass is 9.84. The van der Waals surface area contributed by atoms with Crippen LogP contribution in [0.25, 0.3) is 22.9 Å². The highest BCUT2D eigenvalue weighted by Crippen LogP contribution is 2.33. The minimum atomic E-state index is 0.0167. The fourth-order valence-corrected chi connectivity index (χ4v) is 2.63. The fourth-order valence-electron chi connectivity index (χ4n) is 2.36. The van der Waals surface area contributed by atoms with Crippen molar-refractivity contribution >= 4 is 15.9 Å². The molecule has 0 fully saturated rings. The molecule has 2 aromatic carbocycles. The van der Waals surface area contributed by atoms with Gasteiger partial charge in [-0.2, -0.15) is 0 Å². The number of benzene rings is 2. The van der Waals surface area contributed by atoms with Crippen LogP contribution in [0.1, 0.15) is 26.3 Å². The maximum Gasteiger partial charge on any atom is 0.248 e. The Labute approximate surface area is 138 Å². The molecule has 0 amide bonds. The predicted molar refractivity (Wildman–Crippen MR) is 91.6 cm³/mol. The molecule has 1 aromatic heterocycles. The van der Waals surface area contributed by atoms with Crippen molar-refractivity contribution in [2.45, 2.75) is 26.2 Å². The highest BCUT2D eigenvalue weighted by molar-refractivity contribution is 9.10. The Morgan fingerprint density at radius 2 is 1.50 bits per heavy atom. The van der Waals surface area contributed by atoms with Gasteiger partial charge in [-0.15, -0.1) is 10.2 Å². The van der Waals surface area contributed by atoms with Crippen molar-refractivity contribution in [3.63, 3.8) is 0 Å². The Morgan fingerprint density at radius 3 is 2.18 bits per heavy atom. The van der Waals surface area contributed by atoms with Crippen LogP contribution in [0.15, 0.2) is 57.4 Å². The summed E-state index contributed by atoms with van der Waals surface area (Å²) in [5.74, 6) is 1.09. The van der Waals surface area contributed by atoms with E-state index < -0.39 is 0 Å². The second-order valence-electron chi connectivity index (χ2n) is 6.21. The third kappa shape index (κ3) is 2.97. The van der Waals surface area contributed by atoms with Crippen LogP contribution in [-0.4, -0.2) is 10.2 Å². The van der Waals surface area contributed by atoms with Gasteiger partial charge in [0.05, 0.1) is 0 Å². The van der Waals surface area contributed by atoms with E-state index in [9.17, 15) is 0 Å². The van der Waals surface area contributed by atoms with Crippen LogP contribution in [0.3, 0.4) is 0 Å². The van der Waals surface area contributed by atoms with Crippen LogP contribution in [-0.2, 0) is 5.41 Å². The number of rotatable bonds is 2. The van der Waals surface area contributed by atoms with Gasteiger partial charge >= 0.3 is 0 Å². The minimum absolute atomic E-state index is 0.0167. The van der Waals surface area contributed by atoms with E-state index in [-0.39, 0.29) is 5.41 Å². The van der Waals surface area contributed by atoms with Gasteiger partial charge in [-0.05, 0) is 41.3 Å². The first-order valence-electron chi connectivity index (χ1n) is 7.14. The molecule has 0 N–H and O–H groups in total. The zero-order valence-electron chi connectivity index (χ0n) is 12.8. The van der Waals surface area contributed by atoms with Gasteiger partial charge in [0, 0.05) is 15.6 Å². The van der Waals surface area contributed by atoms with Gasteiger partial charge in [0.2, 0.25) is 11.8 Å². The third-order valence-electron chi connectivity index (χ3n) is 3.48. The third-order valence-corrected chi connectivity index (χ3v) is 4.01. The molecule has 0 spiro atoms. The standard InChI is InChI=1S/C18H17BrN2O/c1-18(2,3)15-7-5-4-6-14(15)17-21-20-16(22-17)12-8-10-13(19)11-9-12/h4-11H,1-3H3. The molecule has 4 heteroatoms. The largest absolute Gasteiger partial charge is 0.416 e. The first-order chi connectivity index (χ1) is 10.4. The first kappa shape index (κ1) is 15.0. The molecule has 0 aliphatic rings. The summed E-state index contributed by atoms with van der Waals surface area (Å²) in [6.45, 7) is 6.54. The summed E-state index contributed by atoms with van der Waals surface area (Å²) in [5.41, 5.74) is 3.12. The van der Waals surface area contributed by atoms with E-state index in [1.807, 2.05) is 42.5 Å². The minimum Gasteiger partial charge on any atom is -0.416 e. The van der Waals surface area contributed by atoms with Crippen LogP contribution < -0.4 is 0 Å². The first-order valence-corrected chi connectivity index (χ1v) is 7.94. The Bertz CT molecular complexity index is 785. The van der Waals surface area contributed by atoms with E-state index in [0.29, 0.717) is 11.8 Å². The smallest absolute Gasteiger partial charge is 0.248 e. The van der Waals surface area contributed by atoms with Gasteiger partial charge in [0.1, 0.15) is 0 Å². The average molecular weight is 357 g/mol. The molecular weight excluding hydrogens is 340 g/mol.